The minimum atomic E-state index is -0.0263. The summed E-state index contributed by atoms with van der Waals surface area (Å²) in [4.78, 5) is 13.9. The van der Waals surface area contributed by atoms with E-state index in [0.29, 0.717) is 22.2 Å². The molecular formula is C13H15Cl2NO2. The van der Waals surface area contributed by atoms with E-state index in [0.717, 1.165) is 12.8 Å². The van der Waals surface area contributed by atoms with Crippen molar-refractivity contribution in [3.63, 3.8) is 0 Å². The van der Waals surface area contributed by atoms with Gasteiger partial charge in [-0.15, -0.1) is 0 Å². The average Bonchev–Trinajstić information content (AvgIpc) is 3.15. The fourth-order valence-electron chi connectivity index (χ4n) is 1.96. The molecule has 0 aliphatic heterocycles. The van der Waals surface area contributed by atoms with Gasteiger partial charge in [0.1, 0.15) is 0 Å². The van der Waals surface area contributed by atoms with Gasteiger partial charge in [-0.2, -0.15) is 0 Å². The van der Waals surface area contributed by atoms with E-state index >= 15 is 0 Å². The van der Waals surface area contributed by atoms with E-state index in [2.05, 4.69) is 0 Å². The van der Waals surface area contributed by atoms with E-state index < -0.39 is 0 Å². The molecule has 1 saturated carbocycles. The Morgan fingerprint density at radius 2 is 1.94 bits per heavy atom. The molecule has 0 heterocycles. The summed E-state index contributed by atoms with van der Waals surface area (Å²) in [6.45, 7) is 0.365. The number of rotatable bonds is 5. The Hall–Kier alpha value is -0.770. The molecule has 1 fully saturated rings. The predicted octanol–water partition coefficient (Wildman–Crippen LogP) is 2.52. The van der Waals surface area contributed by atoms with Crippen LogP contribution in [0.5, 0.6) is 0 Å². The van der Waals surface area contributed by atoms with E-state index in [1.165, 1.54) is 0 Å². The van der Waals surface area contributed by atoms with Crippen molar-refractivity contribution in [2.24, 2.45) is 0 Å². The van der Waals surface area contributed by atoms with Gasteiger partial charge in [-0.25, -0.2) is 0 Å². The summed E-state index contributed by atoms with van der Waals surface area (Å²) in [7, 11) is 0. The van der Waals surface area contributed by atoms with Crippen molar-refractivity contribution in [1.82, 2.24) is 4.90 Å². The third kappa shape index (κ3) is 3.16. The maximum Gasteiger partial charge on any atom is 0.227 e. The third-order valence-electron chi connectivity index (χ3n) is 3.04. The van der Waals surface area contributed by atoms with Crippen molar-refractivity contribution >= 4 is 29.1 Å². The fraction of sp³-hybridized carbons (Fsp3) is 0.462. The maximum atomic E-state index is 12.2. The standard InChI is InChI=1S/C13H15Cl2NO2/c14-11-2-1-3-12(15)10(11)8-13(18)16(6-7-17)9-4-5-9/h1-3,9,17H,4-8H2. The number of carbonyl (C=O) groups excluding carboxylic acids is 1. The van der Waals surface area contributed by atoms with Gasteiger partial charge in [0.15, 0.2) is 0 Å². The van der Waals surface area contributed by atoms with Gasteiger partial charge < -0.3 is 10.0 Å². The summed E-state index contributed by atoms with van der Waals surface area (Å²) < 4.78 is 0. The summed E-state index contributed by atoms with van der Waals surface area (Å²) in [5.41, 5.74) is 0.662. The number of nitrogens with zero attached hydrogens (tertiary/aromatic N) is 1. The van der Waals surface area contributed by atoms with Crippen LogP contribution in [-0.2, 0) is 11.2 Å². The lowest BCUT2D eigenvalue weighted by atomic mass is 10.1. The molecular weight excluding hydrogens is 273 g/mol. The van der Waals surface area contributed by atoms with Crippen LogP contribution in [0.2, 0.25) is 10.0 Å². The molecule has 1 N–H and O–H groups in total. The number of benzene rings is 1. The minimum absolute atomic E-state index is 0.0154. The third-order valence-corrected chi connectivity index (χ3v) is 3.75. The van der Waals surface area contributed by atoms with Crippen molar-refractivity contribution in [3.8, 4) is 0 Å². The van der Waals surface area contributed by atoms with Crippen LogP contribution in [0.3, 0.4) is 0 Å². The highest BCUT2D eigenvalue weighted by Crippen LogP contribution is 2.29. The molecule has 0 spiro atoms. The SMILES string of the molecule is O=C(Cc1c(Cl)cccc1Cl)N(CCO)C1CC1. The molecule has 3 nitrogen and oxygen atoms in total. The Labute approximate surface area is 116 Å². The van der Waals surface area contributed by atoms with Gasteiger partial charge in [0.2, 0.25) is 5.91 Å². The second kappa shape index (κ2) is 5.91. The zero-order valence-corrected chi connectivity index (χ0v) is 11.4. The summed E-state index contributed by atoms with van der Waals surface area (Å²) in [6.07, 6.45) is 2.22. The highest BCUT2D eigenvalue weighted by molar-refractivity contribution is 6.36. The molecule has 0 bridgehead atoms. The molecule has 0 radical (unpaired) electrons. The zero-order chi connectivity index (χ0) is 13.1. The molecule has 18 heavy (non-hydrogen) atoms. The molecule has 1 aliphatic carbocycles. The van der Waals surface area contributed by atoms with Gasteiger partial charge in [0, 0.05) is 22.6 Å². The Kier molecular flexibility index (Phi) is 4.49. The summed E-state index contributed by atoms with van der Waals surface area (Å²) in [6, 6.07) is 5.49. The molecule has 1 aliphatic rings. The van der Waals surface area contributed by atoms with Gasteiger partial charge in [-0.1, -0.05) is 29.3 Å². The number of halogens is 2. The molecule has 0 saturated heterocycles. The number of aliphatic hydroxyl groups is 1. The van der Waals surface area contributed by atoms with Crippen LogP contribution in [0.4, 0.5) is 0 Å². The summed E-state index contributed by atoms with van der Waals surface area (Å²) in [5, 5.41) is 10.0. The van der Waals surface area contributed by atoms with Crippen molar-refractivity contribution in [2.45, 2.75) is 25.3 Å². The van der Waals surface area contributed by atoms with Crippen LogP contribution in [0.15, 0.2) is 18.2 Å². The molecule has 98 valence electrons. The second-order valence-corrected chi connectivity index (χ2v) is 5.23. The topological polar surface area (TPSA) is 40.5 Å². The summed E-state index contributed by atoms with van der Waals surface area (Å²) in [5.74, 6) is -0.0263. The van der Waals surface area contributed by atoms with Crippen molar-refractivity contribution < 1.29 is 9.90 Å². The summed E-state index contributed by atoms with van der Waals surface area (Å²) >= 11 is 12.1. The van der Waals surface area contributed by atoms with E-state index in [1.54, 1.807) is 23.1 Å². The van der Waals surface area contributed by atoms with Gasteiger partial charge in [-0.3, -0.25) is 4.79 Å². The number of hydrogen-bond donors (Lipinski definition) is 1. The lowest BCUT2D eigenvalue weighted by Crippen LogP contribution is -2.36. The smallest absolute Gasteiger partial charge is 0.227 e. The van der Waals surface area contributed by atoms with Crippen molar-refractivity contribution in [1.29, 1.82) is 0 Å². The van der Waals surface area contributed by atoms with Crippen molar-refractivity contribution in [2.75, 3.05) is 13.2 Å². The van der Waals surface area contributed by atoms with Gasteiger partial charge in [0.05, 0.1) is 13.0 Å². The molecule has 1 aromatic carbocycles. The number of amides is 1. The quantitative estimate of drug-likeness (QED) is 0.904. The Balaban J connectivity index is 2.10. The first-order chi connectivity index (χ1) is 8.63. The van der Waals surface area contributed by atoms with Crippen LogP contribution < -0.4 is 0 Å². The second-order valence-electron chi connectivity index (χ2n) is 4.42. The average molecular weight is 288 g/mol. The largest absolute Gasteiger partial charge is 0.395 e. The normalized spacial score (nSPS) is 14.6. The van der Waals surface area contributed by atoms with Crippen LogP contribution in [0, 0.1) is 0 Å². The molecule has 0 atom stereocenters. The van der Waals surface area contributed by atoms with Crippen LogP contribution >= 0.6 is 23.2 Å². The maximum absolute atomic E-state index is 12.2. The Morgan fingerprint density at radius 1 is 1.33 bits per heavy atom. The first-order valence-electron chi connectivity index (χ1n) is 5.96. The number of aliphatic hydroxyl groups excluding tert-OH is 1. The minimum Gasteiger partial charge on any atom is -0.395 e. The van der Waals surface area contributed by atoms with Crippen LogP contribution in [-0.4, -0.2) is 35.1 Å². The first kappa shape index (κ1) is 13.7. The highest BCUT2D eigenvalue weighted by Gasteiger charge is 2.32. The lowest BCUT2D eigenvalue weighted by molar-refractivity contribution is -0.131. The highest BCUT2D eigenvalue weighted by atomic mass is 35.5. The number of carbonyl (C=O) groups is 1. The van der Waals surface area contributed by atoms with Gasteiger partial charge in [0.25, 0.3) is 0 Å². The molecule has 5 heteroatoms. The molecule has 1 amide bonds. The monoisotopic (exact) mass is 287 g/mol. The lowest BCUT2D eigenvalue weighted by Gasteiger charge is -2.21. The van der Waals surface area contributed by atoms with E-state index in [-0.39, 0.29) is 25.0 Å². The van der Waals surface area contributed by atoms with E-state index in [1.807, 2.05) is 0 Å². The van der Waals surface area contributed by atoms with Crippen LogP contribution in [0.1, 0.15) is 18.4 Å². The molecule has 1 aromatic rings. The zero-order valence-electron chi connectivity index (χ0n) is 9.90. The van der Waals surface area contributed by atoms with Crippen molar-refractivity contribution in [3.05, 3.63) is 33.8 Å². The molecule has 0 unspecified atom stereocenters. The van der Waals surface area contributed by atoms with E-state index in [4.69, 9.17) is 28.3 Å². The Bertz CT molecular complexity index is 426. The first-order valence-corrected chi connectivity index (χ1v) is 6.72. The fourth-order valence-corrected chi connectivity index (χ4v) is 2.49. The molecule has 0 aromatic heterocycles. The molecule has 2 rings (SSSR count). The predicted molar refractivity (Wildman–Crippen MR) is 72.0 cm³/mol. The number of hydrogen-bond acceptors (Lipinski definition) is 2. The van der Waals surface area contributed by atoms with Crippen LogP contribution in [0.25, 0.3) is 0 Å². The van der Waals surface area contributed by atoms with Gasteiger partial charge >= 0.3 is 0 Å². The van der Waals surface area contributed by atoms with E-state index in [9.17, 15) is 4.79 Å². The Morgan fingerprint density at radius 3 is 2.44 bits per heavy atom. The van der Waals surface area contributed by atoms with Gasteiger partial charge in [-0.05, 0) is 30.5 Å².